The number of ether oxygens (including phenoxy) is 3. The number of amides is 1. The maximum atomic E-state index is 12.4. The SMILES string of the molecule is COc1cc(/C=C/C(=O)OCC(=O)N2C(C)CCCC2C)cc(Cl)c1OC. The second-order valence-electron chi connectivity index (χ2n) is 6.61. The van der Waals surface area contributed by atoms with Crippen LogP contribution >= 0.6 is 11.6 Å². The molecule has 6 nitrogen and oxygen atoms in total. The Morgan fingerprint density at radius 3 is 2.44 bits per heavy atom. The summed E-state index contributed by atoms with van der Waals surface area (Å²) in [7, 11) is 3.00. The van der Waals surface area contributed by atoms with Crippen molar-refractivity contribution in [1.29, 1.82) is 0 Å². The maximum Gasteiger partial charge on any atom is 0.331 e. The van der Waals surface area contributed by atoms with Crippen molar-refractivity contribution in [2.24, 2.45) is 0 Å². The van der Waals surface area contributed by atoms with Crippen LogP contribution in [0.15, 0.2) is 18.2 Å². The molecule has 0 spiro atoms. The van der Waals surface area contributed by atoms with E-state index in [0.717, 1.165) is 19.3 Å². The van der Waals surface area contributed by atoms with E-state index in [0.29, 0.717) is 22.1 Å². The molecular weight excluding hydrogens is 370 g/mol. The van der Waals surface area contributed by atoms with Crippen LogP contribution in [0.2, 0.25) is 5.02 Å². The van der Waals surface area contributed by atoms with Crippen LogP contribution in [0.25, 0.3) is 6.08 Å². The third-order valence-corrected chi connectivity index (χ3v) is 4.97. The van der Waals surface area contributed by atoms with E-state index in [9.17, 15) is 9.59 Å². The van der Waals surface area contributed by atoms with E-state index in [-0.39, 0.29) is 24.6 Å². The molecule has 0 aliphatic carbocycles. The fourth-order valence-electron chi connectivity index (χ4n) is 3.37. The maximum absolute atomic E-state index is 12.4. The van der Waals surface area contributed by atoms with Crippen LogP contribution in [0, 0.1) is 0 Å². The molecule has 1 aliphatic rings. The van der Waals surface area contributed by atoms with E-state index in [2.05, 4.69) is 0 Å². The van der Waals surface area contributed by atoms with Crippen molar-refractivity contribution >= 4 is 29.6 Å². The summed E-state index contributed by atoms with van der Waals surface area (Å²) in [6.07, 6.45) is 5.87. The van der Waals surface area contributed by atoms with Gasteiger partial charge in [-0.3, -0.25) is 4.79 Å². The summed E-state index contributed by atoms with van der Waals surface area (Å²) >= 11 is 6.14. The standard InChI is InChI=1S/C20H26ClNO5/c1-13-6-5-7-14(2)22(13)18(23)12-27-19(24)9-8-15-10-16(21)20(26-4)17(11-15)25-3/h8-11,13-14H,5-7,12H2,1-4H3/b9-8+. The molecule has 1 fully saturated rings. The molecule has 0 radical (unpaired) electrons. The molecule has 1 saturated heterocycles. The lowest BCUT2D eigenvalue weighted by Crippen LogP contribution is -2.49. The first-order valence-electron chi connectivity index (χ1n) is 8.94. The molecule has 1 heterocycles. The van der Waals surface area contributed by atoms with Crippen molar-refractivity contribution in [1.82, 2.24) is 4.90 Å². The highest BCUT2D eigenvalue weighted by Crippen LogP contribution is 2.36. The van der Waals surface area contributed by atoms with Crippen LogP contribution in [-0.2, 0) is 14.3 Å². The number of likely N-dealkylation sites (tertiary alicyclic amines) is 1. The van der Waals surface area contributed by atoms with Gasteiger partial charge in [0, 0.05) is 18.2 Å². The minimum atomic E-state index is -0.591. The molecule has 1 aromatic carbocycles. The van der Waals surface area contributed by atoms with Crippen molar-refractivity contribution in [3.8, 4) is 11.5 Å². The highest BCUT2D eigenvalue weighted by molar-refractivity contribution is 6.32. The van der Waals surface area contributed by atoms with Gasteiger partial charge >= 0.3 is 5.97 Å². The van der Waals surface area contributed by atoms with Gasteiger partial charge in [-0.25, -0.2) is 4.79 Å². The smallest absolute Gasteiger partial charge is 0.331 e. The van der Waals surface area contributed by atoms with E-state index in [4.69, 9.17) is 25.8 Å². The second-order valence-corrected chi connectivity index (χ2v) is 7.02. The predicted octanol–water partition coefficient (Wildman–Crippen LogP) is 3.70. The van der Waals surface area contributed by atoms with Crippen LogP contribution in [0.1, 0.15) is 38.7 Å². The molecule has 0 N–H and O–H groups in total. The van der Waals surface area contributed by atoms with Gasteiger partial charge in [0.05, 0.1) is 19.2 Å². The molecule has 1 aromatic rings. The molecule has 0 saturated carbocycles. The molecular formula is C20H26ClNO5. The Labute approximate surface area is 165 Å². The topological polar surface area (TPSA) is 65.1 Å². The third kappa shape index (κ3) is 5.39. The van der Waals surface area contributed by atoms with Crippen LogP contribution in [-0.4, -0.2) is 49.7 Å². The summed E-state index contributed by atoms with van der Waals surface area (Å²) in [5, 5.41) is 0.369. The summed E-state index contributed by atoms with van der Waals surface area (Å²) in [6, 6.07) is 3.68. The Morgan fingerprint density at radius 1 is 1.19 bits per heavy atom. The molecule has 1 aliphatic heterocycles. The third-order valence-electron chi connectivity index (χ3n) is 4.69. The monoisotopic (exact) mass is 395 g/mol. The Morgan fingerprint density at radius 2 is 1.85 bits per heavy atom. The van der Waals surface area contributed by atoms with Crippen molar-refractivity contribution in [2.45, 2.75) is 45.2 Å². The van der Waals surface area contributed by atoms with Crippen molar-refractivity contribution in [3.63, 3.8) is 0 Å². The zero-order valence-electron chi connectivity index (χ0n) is 16.2. The molecule has 148 valence electrons. The number of hydrogen-bond acceptors (Lipinski definition) is 5. The fraction of sp³-hybridized carbons (Fsp3) is 0.500. The summed E-state index contributed by atoms with van der Waals surface area (Å²) in [6.45, 7) is 3.79. The minimum Gasteiger partial charge on any atom is -0.493 e. The minimum absolute atomic E-state index is 0.161. The highest BCUT2D eigenvalue weighted by atomic mass is 35.5. The lowest BCUT2D eigenvalue weighted by molar-refractivity contribution is -0.151. The van der Waals surface area contributed by atoms with E-state index in [1.165, 1.54) is 20.3 Å². The Kier molecular flexibility index (Phi) is 7.54. The number of halogens is 1. The van der Waals surface area contributed by atoms with Crippen molar-refractivity contribution < 1.29 is 23.8 Å². The quantitative estimate of drug-likeness (QED) is 0.542. The lowest BCUT2D eigenvalue weighted by Gasteiger charge is -2.38. The van der Waals surface area contributed by atoms with Crippen LogP contribution in [0.4, 0.5) is 0 Å². The highest BCUT2D eigenvalue weighted by Gasteiger charge is 2.29. The Balaban J connectivity index is 1.95. The summed E-state index contributed by atoms with van der Waals surface area (Å²) in [5.41, 5.74) is 0.652. The number of rotatable bonds is 6. The molecule has 0 aromatic heterocycles. The first-order valence-corrected chi connectivity index (χ1v) is 9.32. The summed E-state index contributed by atoms with van der Waals surface area (Å²) < 4.78 is 15.5. The number of esters is 1. The summed E-state index contributed by atoms with van der Waals surface area (Å²) in [5.74, 6) is 0.132. The number of piperidine rings is 1. The average Bonchev–Trinajstić information content (AvgIpc) is 2.64. The van der Waals surface area contributed by atoms with Crippen LogP contribution in [0.3, 0.4) is 0 Å². The van der Waals surface area contributed by atoms with Gasteiger partial charge in [-0.1, -0.05) is 11.6 Å². The van der Waals surface area contributed by atoms with E-state index >= 15 is 0 Å². The average molecular weight is 396 g/mol. The number of carbonyl (C=O) groups excluding carboxylic acids is 2. The van der Waals surface area contributed by atoms with Gasteiger partial charge in [-0.2, -0.15) is 0 Å². The molecule has 0 bridgehead atoms. The molecule has 1 amide bonds. The number of carbonyl (C=O) groups is 2. The number of hydrogen-bond donors (Lipinski definition) is 0. The van der Waals surface area contributed by atoms with Gasteiger partial charge in [-0.05, 0) is 56.9 Å². The van der Waals surface area contributed by atoms with Gasteiger partial charge in [0.2, 0.25) is 0 Å². The molecule has 7 heteroatoms. The van der Waals surface area contributed by atoms with Gasteiger partial charge < -0.3 is 19.1 Å². The lowest BCUT2D eigenvalue weighted by atomic mass is 9.97. The number of benzene rings is 1. The van der Waals surface area contributed by atoms with E-state index in [1.807, 2.05) is 18.7 Å². The molecule has 2 unspecified atom stereocenters. The van der Waals surface area contributed by atoms with E-state index < -0.39 is 5.97 Å². The molecule has 2 atom stereocenters. The Bertz CT molecular complexity index is 709. The zero-order valence-corrected chi connectivity index (χ0v) is 16.9. The van der Waals surface area contributed by atoms with E-state index in [1.54, 1.807) is 18.2 Å². The van der Waals surface area contributed by atoms with Crippen molar-refractivity contribution in [2.75, 3.05) is 20.8 Å². The van der Waals surface area contributed by atoms with Gasteiger partial charge in [0.25, 0.3) is 5.91 Å². The molecule has 27 heavy (non-hydrogen) atoms. The van der Waals surface area contributed by atoms with Crippen LogP contribution < -0.4 is 9.47 Å². The summed E-state index contributed by atoms with van der Waals surface area (Å²) in [4.78, 5) is 26.1. The van der Waals surface area contributed by atoms with Gasteiger partial charge in [0.15, 0.2) is 18.1 Å². The first kappa shape index (κ1) is 21.1. The second kappa shape index (κ2) is 9.65. The van der Waals surface area contributed by atoms with Gasteiger partial charge in [0.1, 0.15) is 0 Å². The van der Waals surface area contributed by atoms with Crippen LogP contribution in [0.5, 0.6) is 11.5 Å². The molecule has 2 rings (SSSR count). The largest absolute Gasteiger partial charge is 0.493 e. The first-order chi connectivity index (χ1) is 12.9. The number of nitrogens with zero attached hydrogens (tertiary/aromatic N) is 1. The predicted molar refractivity (Wildman–Crippen MR) is 104 cm³/mol. The number of methoxy groups -OCH3 is 2. The van der Waals surface area contributed by atoms with Crippen molar-refractivity contribution in [3.05, 3.63) is 28.8 Å². The zero-order chi connectivity index (χ0) is 20.0. The Hall–Kier alpha value is -2.21. The normalized spacial score (nSPS) is 19.8. The fourth-order valence-corrected chi connectivity index (χ4v) is 3.66. The van der Waals surface area contributed by atoms with Gasteiger partial charge in [-0.15, -0.1) is 0 Å².